The van der Waals surface area contributed by atoms with E-state index in [9.17, 15) is 14.4 Å². The predicted molar refractivity (Wildman–Crippen MR) is 96.4 cm³/mol. The molecule has 26 heavy (non-hydrogen) atoms. The number of imidazole rings is 1. The van der Waals surface area contributed by atoms with Crippen molar-refractivity contribution < 1.29 is 14.7 Å². The van der Waals surface area contributed by atoms with E-state index in [2.05, 4.69) is 4.98 Å². The van der Waals surface area contributed by atoms with Gasteiger partial charge in [-0.05, 0) is 43.9 Å². The largest absolute Gasteiger partial charge is 0.481 e. The van der Waals surface area contributed by atoms with Crippen molar-refractivity contribution in [2.45, 2.75) is 57.0 Å². The first-order valence-electron chi connectivity index (χ1n) is 9.31. The second-order valence-electron chi connectivity index (χ2n) is 7.36. The molecule has 7 heteroatoms. The Labute approximate surface area is 150 Å². The highest BCUT2D eigenvalue weighted by atomic mass is 16.4. The van der Waals surface area contributed by atoms with Gasteiger partial charge < -0.3 is 15.0 Å². The van der Waals surface area contributed by atoms with Crippen LogP contribution in [0.3, 0.4) is 0 Å². The smallest absolute Gasteiger partial charge is 0.326 e. The summed E-state index contributed by atoms with van der Waals surface area (Å²) in [4.78, 5) is 40.8. The minimum absolute atomic E-state index is 0.0249. The number of carbonyl (C=O) groups is 2. The first-order chi connectivity index (χ1) is 12.5. The molecule has 1 unspecified atom stereocenters. The van der Waals surface area contributed by atoms with Crippen molar-refractivity contribution in [3.8, 4) is 0 Å². The Hall–Kier alpha value is -2.57. The van der Waals surface area contributed by atoms with Gasteiger partial charge in [-0.2, -0.15) is 0 Å². The highest BCUT2D eigenvalue weighted by Gasteiger charge is 2.31. The van der Waals surface area contributed by atoms with Crippen LogP contribution >= 0.6 is 0 Å². The van der Waals surface area contributed by atoms with Gasteiger partial charge in [0, 0.05) is 24.2 Å². The lowest BCUT2D eigenvalue weighted by Crippen LogP contribution is -2.36. The quantitative estimate of drug-likeness (QED) is 0.879. The molecule has 4 rings (SSSR count). The Morgan fingerprint density at radius 1 is 1.15 bits per heavy atom. The SMILES string of the molecule is O=C(O)CC1CCCN1C(=O)c1ccc2c(c1)[nH]c(=O)n2C1CCCC1. The van der Waals surface area contributed by atoms with E-state index in [-0.39, 0.29) is 30.1 Å². The van der Waals surface area contributed by atoms with E-state index in [1.54, 1.807) is 17.0 Å². The molecule has 2 heterocycles. The molecule has 2 aliphatic rings. The molecule has 2 N–H and O–H groups in total. The van der Waals surface area contributed by atoms with Crippen LogP contribution in [-0.4, -0.2) is 44.0 Å². The maximum Gasteiger partial charge on any atom is 0.326 e. The number of carboxylic acid groups (broad SMARTS) is 1. The van der Waals surface area contributed by atoms with Gasteiger partial charge in [0.2, 0.25) is 0 Å². The number of hydrogen-bond donors (Lipinski definition) is 2. The van der Waals surface area contributed by atoms with Gasteiger partial charge >= 0.3 is 11.7 Å². The summed E-state index contributed by atoms with van der Waals surface area (Å²) in [6, 6.07) is 5.29. The number of aliphatic carboxylic acids is 1. The molecule has 1 aliphatic heterocycles. The van der Waals surface area contributed by atoms with Crippen LogP contribution in [0.15, 0.2) is 23.0 Å². The zero-order valence-electron chi connectivity index (χ0n) is 14.6. The average molecular weight is 357 g/mol. The Morgan fingerprint density at radius 3 is 2.65 bits per heavy atom. The number of aromatic amines is 1. The van der Waals surface area contributed by atoms with E-state index in [4.69, 9.17) is 5.11 Å². The van der Waals surface area contributed by atoms with Crippen molar-refractivity contribution in [3.63, 3.8) is 0 Å². The summed E-state index contributed by atoms with van der Waals surface area (Å²) < 4.78 is 1.82. The van der Waals surface area contributed by atoms with Gasteiger partial charge in [0.05, 0.1) is 17.5 Å². The van der Waals surface area contributed by atoms with Gasteiger partial charge in [-0.25, -0.2) is 4.79 Å². The number of carboxylic acids is 1. The topological polar surface area (TPSA) is 95.4 Å². The number of H-pyrrole nitrogens is 1. The number of carbonyl (C=O) groups excluding carboxylic acids is 1. The Morgan fingerprint density at radius 2 is 1.92 bits per heavy atom. The predicted octanol–water partition coefficient (Wildman–Crippen LogP) is 2.52. The van der Waals surface area contributed by atoms with Crippen LogP contribution in [0.1, 0.15) is 61.3 Å². The Kier molecular flexibility index (Phi) is 4.30. The van der Waals surface area contributed by atoms with Crippen LogP contribution in [0, 0.1) is 0 Å². The molecule has 1 atom stereocenters. The van der Waals surface area contributed by atoms with Gasteiger partial charge in [-0.1, -0.05) is 12.8 Å². The van der Waals surface area contributed by atoms with Gasteiger partial charge in [-0.15, -0.1) is 0 Å². The number of aromatic nitrogens is 2. The van der Waals surface area contributed by atoms with Crippen LogP contribution in [0.5, 0.6) is 0 Å². The molecule has 7 nitrogen and oxygen atoms in total. The molecule has 0 radical (unpaired) electrons. The maximum absolute atomic E-state index is 12.9. The number of nitrogens with one attached hydrogen (secondary N) is 1. The number of likely N-dealkylation sites (tertiary alicyclic amines) is 1. The third kappa shape index (κ3) is 2.91. The summed E-state index contributed by atoms with van der Waals surface area (Å²) in [5, 5.41) is 9.04. The van der Waals surface area contributed by atoms with E-state index in [0.29, 0.717) is 17.6 Å². The highest BCUT2D eigenvalue weighted by molar-refractivity contribution is 5.98. The highest BCUT2D eigenvalue weighted by Crippen LogP contribution is 2.31. The third-order valence-electron chi connectivity index (χ3n) is 5.70. The number of nitrogens with zero attached hydrogens (tertiary/aromatic N) is 2. The van der Waals surface area contributed by atoms with Gasteiger partial charge in [0.15, 0.2) is 0 Å². The first-order valence-corrected chi connectivity index (χ1v) is 9.31. The van der Waals surface area contributed by atoms with Crippen LogP contribution in [0.4, 0.5) is 0 Å². The molecule has 1 saturated heterocycles. The molecular weight excluding hydrogens is 334 g/mol. The van der Waals surface area contributed by atoms with Crippen molar-refractivity contribution >= 4 is 22.9 Å². The van der Waals surface area contributed by atoms with Gasteiger partial charge in [-0.3, -0.25) is 14.2 Å². The number of benzene rings is 1. The average Bonchev–Trinajstić information content (AvgIpc) is 3.31. The van der Waals surface area contributed by atoms with Crippen molar-refractivity contribution in [2.24, 2.45) is 0 Å². The molecule has 1 amide bonds. The van der Waals surface area contributed by atoms with Crippen LogP contribution in [0.25, 0.3) is 11.0 Å². The molecule has 1 aromatic carbocycles. The van der Waals surface area contributed by atoms with Crippen molar-refractivity contribution in [2.75, 3.05) is 6.54 Å². The second-order valence-corrected chi connectivity index (χ2v) is 7.36. The van der Waals surface area contributed by atoms with Crippen LogP contribution < -0.4 is 5.69 Å². The van der Waals surface area contributed by atoms with Crippen molar-refractivity contribution in [1.29, 1.82) is 0 Å². The van der Waals surface area contributed by atoms with E-state index >= 15 is 0 Å². The zero-order chi connectivity index (χ0) is 18.3. The summed E-state index contributed by atoms with van der Waals surface area (Å²) in [7, 11) is 0. The zero-order valence-corrected chi connectivity index (χ0v) is 14.6. The lowest BCUT2D eigenvalue weighted by molar-refractivity contribution is -0.137. The third-order valence-corrected chi connectivity index (χ3v) is 5.70. The van der Waals surface area contributed by atoms with Gasteiger partial charge in [0.1, 0.15) is 0 Å². The fraction of sp³-hybridized carbons (Fsp3) is 0.526. The minimum atomic E-state index is -0.886. The summed E-state index contributed by atoms with van der Waals surface area (Å²) in [5.74, 6) is -1.05. The lowest BCUT2D eigenvalue weighted by Gasteiger charge is -2.23. The second kappa shape index (κ2) is 6.63. The van der Waals surface area contributed by atoms with Crippen LogP contribution in [0.2, 0.25) is 0 Å². The summed E-state index contributed by atoms with van der Waals surface area (Å²) in [6.45, 7) is 0.578. The monoisotopic (exact) mass is 357 g/mol. The fourth-order valence-corrected chi connectivity index (χ4v) is 4.47. The van der Waals surface area contributed by atoms with E-state index in [1.165, 1.54) is 0 Å². The molecule has 0 bridgehead atoms. The van der Waals surface area contributed by atoms with E-state index in [0.717, 1.165) is 44.0 Å². The maximum atomic E-state index is 12.9. The van der Waals surface area contributed by atoms with Crippen molar-refractivity contribution in [3.05, 3.63) is 34.2 Å². The van der Waals surface area contributed by atoms with Crippen LogP contribution in [-0.2, 0) is 4.79 Å². The fourth-order valence-electron chi connectivity index (χ4n) is 4.47. The summed E-state index contributed by atoms with van der Waals surface area (Å²) in [6.07, 6.45) is 5.82. The number of hydrogen-bond acceptors (Lipinski definition) is 3. The normalized spacial score (nSPS) is 20.9. The molecule has 1 saturated carbocycles. The molecule has 138 valence electrons. The minimum Gasteiger partial charge on any atom is -0.481 e. The molecule has 2 fully saturated rings. The molecule has 0 spiro atoms. The lowest BCUT2D eigenvalue weighted by atomic mass is 10.1. The van der Waals surface area contributed by atoms with Crippen molar-refractivity contribution in [1.82, 2.24) is 14.5 Å². The number of fused-ring (bicyclic) bond motifs is 1. The number of rotatable bonds is 4. The number of amides is 1. The first kappa shape index (κ1) is 16.9. The van der Waals surface area contributed by atoms with E-state index < -0.39 is 5.97 Å². The standard InChI is InChI=1S/C19H23N3O4/c23-17(24)11-14-6-3-9-21(14)18(25)12-7-8-16-15(10-12)20-19(26)22(16)13-4-1-2-5-13/h7-8,10,13-14H,1-6,9,11H2,(H,20,26)(H,23,24). The molecular formula is C19H23N3O4. The molecule has 2 aromatic rings. The summed E-state index contributed by atoms with van der Waals surface area (Å²) in [5.41, 5.74) is 1.87. The molecule has 1 aromatic heterocycles. The van der Waals surface area contributed by atoms with Gasteiger partial charge in [0.25, 0.3) is 5.91 Å². The Bertz CT molecular complexity index is 907. The Balaban J connectivity index is 1.64. The van der Waals surface area contributed by atoms with E-state index in [1.807, 2.05) is 10.6 Å². The molecule has 1 aliphatic carbocycles. The summed E-state index contributed by atoms with van der Waals surface area (Å²) >= 11 is 0.